The molecule has 0 radical (unpaired) electrons. The number of rotatable bonds is 8. The van der Waals surface area contributed by atoms with Crippen molar-refractivity contribution in [2.75, 3.05) is 33.4 Å². The Bertz CT molecular complexity index is 161. The Balaban J connectivity index is 4.09. The predicted octanol–water partition coefficient (Wildman–Crippen LogP) is 0.295. The van der Waals surface area contributed by atoms with E-state index in [1.165, 1.54) is 0 Å². The Hall–Kier alpha value is -0.450. The van der Waals surface area contributed by atoms with Gasteiger partial charge < -0.3 is 9.84 Å². The van der Waals surface area contributed by atoms with Crippen LogP contribution in [0.1, 0.15) is 20.3 Å². The minimum Gasteiger partial charge on any atom is -0.395 e. The highest BCUT2D eigenvalue weighted by Crippen LogP contribution is 2.02. The summed E-state index contributed by atoms with van der Waals surface area (Å²) < 4.78 is 4.95. The van der Waals surface area contributed by atoms with Crippen LogP contribution in [-0.4, -0.2) is 55.2 Å². The monoisotopic (exact) mass is 203 g/mol. The second-order valence-electron chi connectivity index (χ2n) is 3.25. The molecule has 0 aromatic carbocycles. The van der Waals surface area contributed by atoms with Gasteiger partial charge in [-0.25, -0.2) is 0 Å². The average molecular weight is 203 g/mol. The molecule has 0 saturated carbocycles. The summed E-state index contributed by atoms with van der Waals surface area (Å²) in [6, 6.07) is -0.123. The Labute approximate surface area is 85.9 Å². The molecular weight excluding hydrogens is 182 g/mol. The van der Waals surface area contributed by atoms with Crippen molar-refractivity contribution < 1.29 is 14.6 Å². The number of Topliss-reactive ketones (excluding diaryl/α,β-unsaturated/α-hetero) is 1. The maximum atomic E-state index is 11.4. The Kier molecular flexibility index (Phi) is 7.65. The maximum Gasteiger partial charge on any atom is 0.149 e. The SMILES string of the molecule is CCC(=O)C(C)N(CCO)CCOC. The molecule has 4 heteroatoms. The Morgan fingerprint density at radius 2 is 2.14 bits per heavy atom. The first-order valence-electron chi connectivity index (χ1n) is 5.03. The summed E-state index contributed by atoms with van der Waals surface area (Å²) >= 11 is 0. The van der Waals surface area contributed by atoms with Crippen LogP contribution in [0.15, 0.2) is 0 Å². The van der Waals surface area contributed by atoms with Gasteiger partial charge in [-0.3, -0.25) is 9.69 Å². The molecule has 0 bridgehead atoms. The van der Waals surface area contributed by atoms with Crippen LogP contribution in [0, 0.1) is 0 Å². The van der Waals surface area contributed by atoms with E-state index in [1.807, 2.05) is 18.7 Å². The minimum absolute atomic E-state index is 0.0745. The molecule has 0 heterocycles. The van der Waals surface area contributed by atoms with E-state index < -0.39 is 0 Å². The third kappa shape index (κ3) is 4.69. The van der Waals surface area contributed by atoms with Crippen LogP contribution in [0.2, 0.25) is 0 Å². The van der Waals surface area contributed by atoms with Gasteiger partial charge in [0.05, 0.1) is 19.3 Å². The first-order chi connectivity index (χ1) is 6.67. The molecule has 84 valence electrons. The molecule has 0 aliphatic rings. The number of hydrogen-bond donors (Lipinski definition) is 1. The lowest BCUT2D eigenvalue weighted by atomic mass is 10.1. The molecule has 14 heavy (non-hydrogen) atoms. The quantitative estimate of drug-likeness (QED) is 0.616. The number of hydrogen-bond acceptors (Lipinski definition) is 4. The topological polar surface area (TPSA) is 49.8 Å². The molecule has 0 rings (SSSR count). The van der Waals surface area contributed by atoms with E-state index in [4.69, 9.17) is 9.84 Å². The van der Waals surface area contributed by atoms with Crippen molar-refractivity contribution in [1.29, 1.82) is 0 Å². The van der Waals surface area contributed by atoms with Gasteiger partial charge in [-0.2, -0.15) is 0 Å². The summed E-state index contributed by atoms with van der Waals surface area (Å²) in [5, 5.41) is 8.85. The number of ketones is 1. The third-order valence-electron chi connectivity index (χ3n) is 2.33. The van der Waals surface area contributed by atoms with Gasteiger partial charge in [0.25, 0.3) is 0 Å². The lowest BCUT2D eigenvalue weighted by Gasteiger charge is -2.26. The number of carbonyl (C=O) groups excluding carboxylic acids is 1. The Morgan fingerprint density at radius 3 is 2.57 bits per heavy atom. The van der Waals surface area contributed by atoms with Crippen LogP contribution in [0.5, 0.6) is 0 Å². The molecule has 0 aromatic heterocycles. The lowest BCUT2D eigenvalue weighted by Crippen LogP contribution is -2.42. The molecule has 1 unspecified atom stereocenters. The number of methoxy groups -OCH3 is 1. The second kappa shape index (κ2) is 7.91. The molecule has 0 fully saturated rings. The fraction of sp³-hybridized carbons (Fsp3) is 0.900. The van der Waals surface area contributed by atoms with Crippen molar-refractivity contribution in [3.05, 3.63) is 0 Å². The van der Waals surface area contributed by atoms with Crippen molar-refractivity contribution in [1.82, 2.24) is 4.90 Å². The van der Waals surface area contributed by atoms with Gasteiger partial charge in [0.1, 0.15) is 5.78 Å². The van der Waals surface area contributed by atoms with E-state index in [0.717, 1.165) is 0 Å². The van der Waals surface area contributed by atoms with Crippen molar-refractivity contribution >= 4 is 5.78 Å². The first-order valence-corrected chi connectivity index (χ1v) is 5.03. The van der Waals surface area contributed by atoms with E-state index in [2.05, 4.69) is 0 Å². The first kappa shape index (κ1) is 13.5. The van der Waals surface area contributed by atoms with Crippen molar-refractivity contribution in [2.24, 2.45) is 0 Å². The summed E-state index contributed by atoms with van der Waals surface area (Å²) in [6.45, 7) is 5.59. The number of carbonyl (C=O) groups is 1. The van der Waals surface area contributed by atoms with Crippen LogP contribution in [0.25, 0.3) is 0 Å². The smallest absolute Gasteiger partial charge is 0.149 e. The van der Waals surface area contributed by atoms with Crippen LogP contribution in [-0.2, 0) is 9.53 Å². The fourth-order valence-electron chi connectivity index (χ4n) is 1.34. The molecule has 0 aromatic rings. The highest BCUT2D eigenvalue weighted by Gasteiger charge is 2.18. The van der Waals surface area contributed by atoms with Gasteiger partial charge in [-0.1, -0.05) is 6.92 Å². The highest BCUT2D eigenvalue weighted by molar-refractivity contribution is 5.83. The summed E-state index contributed by atoms with van der Waals surface area (Å²) in [7, 11) is 1.63. The number of nitrogens with zero attached hydrogens (tertiary/aromatic N) is 1. The zero-order valence-electron chi connectivity index (χ0n) is 9.32. The van der Waals surface area contributed by atoms with Crippen LogP contribution >= 0.6 is 0 Å². The number of ether oxygens (including phenoxy) is 1. The summed E-state index contributed by atoms with van der Waals surface area (Å²) in [6.07, 6.45) is 0.538. The molecule has 1 N–H and O–H groups in total. The van der Waals surface area contributed by atoms with Gasteiger partial charge in [-0.05, 0) is 6.92 Å². The largest absolute Gasteiger partial charge is 0.395 e. The standard InChI is InChI=1S/C10H21NO3/c1-4-10(13)9(2)11(5-7-12)6-8-14-3/h9,12H,4-8H2,1-3H3. The molecule has 0 aliphatic carbocycles. The molecule has 0 amide bonds. The van der Waals surface area contributed by atoms with Crippen LogP contribution in [0.3, 0.4) is 0 Å². The summed E-state index contributed by atoms with van der Waals surface area (Å²) in [5.74, 6) is 0.203. The molecule has 1 atom stereocenters. The van der Waals surface area contributed by atoms with Gasteiger partial charge in [0, 0.05) is 26.6 Å². The molecule has 0 spiro atoms. The van der Waals surface area contributed by atoms with Gasteiger partial charge in [0.2, 0.25) is 0 Å². The normalized spacial score (nSPS) is 13.2. The van der Waals surface area contributed by atoms with Crippen LogP contribution in [0.4, 0.5) is 0 Å². The molecule has 0 saturated heterocycles. The van der Waals surface area contributed by atoms with Gasteiger partial charge in [-0.15, -0.1) is 0 Å². The average Bonchev–Trinajstić information content (AvgIpc) is 2.22. The second-order valence-corrected chi connectivity index (χ2v) is 3.25. The molecule has 0 aliphatic heterocycles. The minimum atomic E-state index is -0.123. The van der Waals surface area contributed by atoms with Gasteiger partial charge >= 0.3 is 0 Å². The van der Waals surface area contributed by atoms with Crippen molar-refractivity contribution in [3.8, 4) is 0 Å². The fourth-order valence-corrected chi connectivity index (χ4v) is 1.34. The van der Waals surface area contributed by atoms with Crippen LogP contribution < -0.4 is 0 Å². The summed E-state index contributed by atoms with van der Waals surface area (Å²) in [4.78, 5) is 13.4. The zero-order chi connectivity index (χ0) is 11.0. The number of aliphatic hydroxyl groups is 1. The third-order valence-corrected chi connectivity index (χ3v) is 2.33. The maximum absolute atomic E-state index is 11.4. The van der Waals surface area contributed by atoms with E-state index in [-0.39, 0.29) is 18.4 Å². The van der Waals surface area contributed by atoms with E-state index in [0.29, 0.717) is 26.1 Å². The highest BCUT2D eigenvalue weighted by atomic mass is 16.5. The Morgan fingerprint density at radius 1 is 1.50 bits per heavy atom. The molecular formula is C10H21NO3. The van der Waals surface area contributed by atoms with E-state index >= 15 is 0 Å². The van der Waals surface area contributed by atoms with Gasteiger partial charge in [0.15, 0.2) is 0 Å². The summed E-state index contributed by atoms with van der Waals surface area (Å²) in [5.41, 5.74) is 0. The van der Waals surface area contributed by atoms with Crippen molar-refractivity contribution in [3.63, 3.8) is 0 Å². The van der Waals surface area contributed by atoms with Crippen molar-refractivity contribution in [2.45, 2.75) is 26.3 Å². The number of aliphatic hydroxyl groups excluding tert-OH is 1. The zero-order valence-corrected chi connectivity index (χ0v) is 9.32. The molecule has 4 nitrogen and oxygen atoms in total. The van der Waals surface area contributed by atoms with E-state index in [1.54, 1.807) is 7.11 Å². The predicted molar refractivity (Wildman–Crippen MR) is 55.3 cm³/mol. The lowest BCUT2D eigenvalue weighted by molar-refractivity contribution is -0.123. The van der Waals surface area contributed by atoms with E-state index in [9.17, 15) is 4.79 Å².